The number of alkyl halides is 1. The van der Waals surface area contributed by atoms with E-state index in [9.17, 15) is 14.4 Å². The lowest BCUT2D eigenvalue weighted by molar-refractivity contribution is -0.139. The average Bonchev–Trinajstić information content (AvgIpc) is 3.20. The van der Waals surface area contributed by atoms with Crippen molar-refractivity contribution in [1.82, 2.24) is 4.90 Å². The zero-order valence-electron chi connectivity index (χ0n) is 11.9. The van der Waals surface area contributed by atoms with Gasteiger partial charge in [-0.25, -0.2) is 0 Å². The van der Waals surface area contributed by atoms with Gasteiger partial charge in [-0.05, 0) is 22.4 Å². The Morgan fingerprint density at radius 3 is 2.26 bits per heavy atom. The predicted molar refractivity (Wildman–Crippen MR) is 91.5 cm³/mol. The highest BCUT2D eigenvalue weighted by atomic mass is 79.9. The van der Waals surface area contributed by atoms with Gasteiger partial charge < -0.3 is 0 Å². The first-order chi connectivity index (χ1) is 11.1. The Kier molecular flexibility index (Phi) is 4.54. The number of Topliss-reactive ketones (excluding diaryl/α,β-unsaturated/α-hetero) is 1. The van der Waals surface area contributed by atoms with Crippen molar-refractivity contribution in [3.63, 3.8) is 0 Å². The fourth-order valence-electron chi connectivity index (χ4n) is 2.48. The average molecular weight is 390 g/mol. The Morgan fingerprint density at radius 2 is 1.70 bits per heavy atom. The first-order valence-electron chi connectivity index (χ1n) is 6.90. The summed E-state index contributed by atoms with van der Waals surface area (Å²) in [6.07, 6.45) is 2.46. The van der Waals surface area contributed by atoms with Crippen molar-refractivity contribution >= 4 is 44.9 Å². The minimum atomic E-state index is -0.715. The van der Waals surface area contributed by atoms with Crippen LogP contribution < -0.4 is 0 Å². The van der Waals surface area contributed by atoms with Gasteiger partial charge in [-0.2, -0.15) is 11.3 Å². The van der Waals surface area contributed by atoms with Crippen LogP contribution in [0.25, 0.3) is 0 Å². The standard InChI is InChI=1S/C17H12BrNO3S/c18-15(17(22)11-4-2-1-3-5-11)16(12-8-9-23-10-12)19-13(20)6-7-14(19)21/h1-10,15-16H/t15-,16-/m1/s1. The minimum absolute atomic E-state index is 0.172. The molecule has 1 aliphatic rings. The molecule has 0 unspecified atom stereocenters. The lowest BCUT2D eigenvalue weighted by Gasteiger charge is -2.29. The maximum atomic E-state index is 12.7. The molecule has 116 valence electrons. The van der Waals surface area contributed by atoms with Gasteiger partial charge in [0, 0.05) is 17.7 Å². The van der Waals surface area contributed by atoms with Gasteiger partial charge >= 0.3 is 0 Å². The van der Waals surface area contributed by atoms with E-state index in [1.807, 2.05) is 22.9 Å². The first-order valence-corrected chi connectivity index (χ1v) is 8.76. The van der Waals surface area contributed by atoms with Crippen molar-refractivity contribution in [3.8, 4) is 0 Å². The Labute approximate surface area is 145 Å². The van der Waals surface area contributed by atoms with E-state index in [1.54, 1.807) is 24.3 Å². The quantitative estimate of drug-likeness (QED) is 0.447. The van der Waals surface area contributed by atoms with Gasteiger partial charge in [-0.3, -0.25) is 19.3 Å². The molecule has 0 saturated carbocycles. The summed E-state index contributed by atoms with van der Waals surface area (Å²) in [6.45, 7) is 0. The van der Waals surface area contributed by atoms with Gasteiger partial charge in [0.05, 0.1) is 6.04 Å². The summed E-state index contributed by atoms with van der Waals surface area (Å²) >= 11 is 4.87. The summed E-state index contributed by atoms with van der Waals surface area (Å²) in [4.78, 5) is 37.3. The lowest BCUT2D eigenvalue weighted by atomic mass is 9.98. The third-order valence-electron chi connectivity index (χ3n) is 3.59. The van der Waals surface area contributed by atoms with Gasteiger partial charge in [0.2, 0.25) is 0 Å². The number of ketones is 1. The molecular weight excluding hydrogens is 378 g/mol. The molecular formula is C17H12BrNO3S. The highest BCUT2D eigenvalue weighted by molar-refractivity contribution is 9.10. The van der Waals surface area contributed by atoms with Crippen LogP contribution >= 0.6 is 27.3 Å². The van der Waals surface area contributed by atoms with E-state index in [0.29, 0.717) is 5.56 Å². The summed E-state index contributed by atoms with van der Waals surface area (Å²) in [7, 11) is 0. The molecule has 2 atom stereocenters. The van der Waals surface area contributed by atoms with Gasteiger partial charge in [-0.15, -0.1) is 0 Å². The molecule has 0 saturated heterocycles. The lowest BCUT2D eigenvalue weighted by Crippen LogP contribution is -2.41. The third kappa shape index (κ3) is 3.04. The van der Waals surface area contributed by atoms with Crippen LogP contribution in [0.5, 0.6) is 0 Å². The van der Waals surface area contributed by atoms with Crippen molar-refractivity contribution in [2.45, 2.75) is 10.9 Å². The van der Waals surface area contributed by atoms with Crippen molar-refractivity contribution in [1.29, 1.82) is 0 Å². The van der Waals surface area contributed by atoms with Crippen molar-refractivity contribution in [3.05, 3.63) is 70.4 Å². The Balaban J connectivity index is 1.97. The van der Waals surface area contributed by atoms with E-state index < -0.39 is 22.7 Å². The minimum Gasteiger partial charge on any atom is -0.293 e. The second-order valence-corrected chi connectivity index (χ2v) is 6.78. The number of imide groups is 1. The van der Waals surface area contributed by atoms with E-state index in [1.165, 1.54) is 23.5 Å². The van der Waals surface area contributed by atoms with Crippen LogP contribution in [-0.2, 0) is 9.59 Å². The molecule has 6 heteroatoms. The molecule has 0 fully saturated rings. The molecule has 3 rings (SSSR count). The zero-order chi connectivity index (χ0) is 16.4. The summed E-state index contributed by atoms with van der Waals surface area (Å²) in [6, 6.07) is 9.96. The van der Waals surface area contributed by atoms with Crippen LogP contribution in [0.1, 0.15) is 22.0 Å². The van der Waals surface area contributed by atoms with Gasteiger partial charge in [-0.1, -0.05) is 46.3 Å². The molecule has 1 aromatic carbocycles. The first kappa shape index (κ1) is 15.8. The van der Waals surface area contributed by atoms with Crippen LogP contribution in [0.2, 0.25) is 0 Å². The SMILES string of the molecule is O=C(c1ccccc1)[C@H](Br)[C@@H](c1ccsc1)N1C(=O)C=CC1=O. The van der Waals surface area contributed by atoms with Crippen LogP contribution in [-0.4, -0.2) is 27.3 Å². The summed E-state index contributed by atoms with van der Waals surface area (Å²) in [5.74, 6) is -0.984. The van der Waals surface area contributed by atoms with Crippen molar-refractivity contribution in [2.75, 3.05) is 0 Å². The molecule has 1 aromatic heterocycles. The van der Waals surface area contributed by atoms with E-state index in [4.69, 9.17) is 0 Å². The number of hydrogen-bond acceptors (Lipinski definition) is 4. The summed E-state index contributed by atoms with van der Waals surface area (Å²) in [5, 5.41) is 3.70. The number of benzene rings is 1. The van der Waals surface area contributed by atoms with E-state index in [2.05, 4.69) is 15.9 Å². The van der Waals surface area contributed by atoms with Crippen molar-refractivity contribution < 1.29 is 14.4 Å². The Morgan fingerprint density at radius 1 is 1.04 bits per heavy atom. The van der Waals surface area contributed by atoms with E-state index >= 15 is 0 Å². The molecule has 23 heavy (non-hydrogen) atoms. The molecule has 1 aliphatic heterocycles. The normalized spacial score (nSPS) is 16.7. The number of thiophene rings is 1. The number of amides is 2. The second-order valence-electron chi connectivity index (χ2n) is 5.01. The van der Waals surface area contributed by atoms with Crippen LogP contribution in [0.15, 0.2) is 59.3 Å². The maximum Gasteiger partial charge on any atom is 0.254 e. The predicted octanol–water partition coefficient (Wildman–Crippen LogP) is 3.36. The van der Waals surface area contributed by atoms with Crippen molar-refractivity contribution in [2.24, 2.45) is 0 Å². The number of hydrogen-bond donors (Lipinski definition) is 0. The van der Waals surface area contributed by atoms with E-state index in [-0.39, 0.29) is 5.78 Å². The monoisotopic (exact) mass is 389 g/mol. The van der Waals surface area contributed by atoms with Crippen LogP contribution in [0, 0.1) is 0 Å². The molecule has 2 heterocycles. The fraction of sp³-hybridized carbons (Fsp3) is 0.118. The summed E-state index contributed by atoms with van der Waals surface area (Å²) in [5.41, 5.74) is 1.29. The molecule has 0 aliphatic carbocycles. The van der Waals surface area contributed by atoms with Crippen LogP contribution in [0.3, 0.4) is 0 Å². The fourth-order valence-corrected chi connectivity index (χ4v) is 3.98. The van der Waals surface area contributed by atoms with Gasteiger partial charge in [0.15, 0.2) is 5.78 Å². The molecule has 2 amide bonds. The van der Waals surface area contributed by atoms with Gasteiger partial charge in [0.25, 0.3) is 11.8 Å². The number of rotatable bonds is 5. The second kappa shape index (κ2) is 6.60. The number of nitrogens with zero attached hydrogens (tertiary/aromatic N) is 1. The highest BCUT2D eigenvalue weighted by Gasteiger charge is 2.39. The largest absolute Gasteiger partial charge is 0.293 e. The molecule has 0 N–H and O–H groups in total. The Hall–Kier alpha value is -2.05. The smallest absolute Gasteiger partial charge is 0.254 e. The van der Waals surface area contributed by atoms with Crippen LogP contribution in [0.4, 0.5) is 0 Å². The number of halogens is 1. The topological polar surface area (TPSA) is 54.5 Å². The zero-order valence-corrected chi connectivity index (χ0v) is 14.3. The Bertz CT molecular complexity index is 752. The molecule has 0 radical (unpaired) electrons. The molecule has 2 aromatic rings. The molecule has 4 nitrogen and oxygen atoms in total. The number of carbonyl (C=O) groups is 3. The molecule has 0 bridgehead atoms. The number of carbonyl (C=O) groups excluding carboxylic acids is 3. The van der Waals surface area contributed by atoms with E-state index in [0.717, 1.165) is 10.5 Å². The molecule has 0 spiro atoms. The maximum absolute atomic E-state index is 12.7. The summed E-state index contributed by atoms with van der Waals surface area (Å²) < 4.78 is 0. The third-order valence-corrected chi connectivity index (χ3v) is 5.21. The van der Waals surface area contributed by atoms with Gasteiger partial charge in [0.1, 0.15) is 4.83 Å². The highest BCUT2D eigenvalue weighted by Crippen LogP contribution is 2.34.